The second-order valence-corrected chi connectivity index (χ2v) is 3.42. The van der Waals surface area contributed by atoms with E-state index in [1.807, 2.05) is 0 Å². The molecule has 6 heteroatoms. The second kappa shape index (κ2) is 5.21. The van der Waals surface area contributed by atoms with Gasteiger partial charge in [-0.3, -0.25) is 0 Å². The smallest absolute Gasteiger partial charge is 0.375 e. The largest absolute Gasteiger partial charge is 0.477 e. The molecule has 0 saturated carbocycles. The summed E-state index contributed by atoms with van der Waals surface area (Å²) in [4.78, 5) is 10.0. The van der Waals surface area contributed by atoms with Gasteiger partial charge >= 0.3 is 11.9 Å². The number of rotatable bonds is 6. The Labute approximate surface area is 80.9 Å². The van der Waals surface area contributed by atoms with E-state index in [9.17, 15) is 13.6 Å². The maximum absolute atomic E-state index is 12.6. The molecular formula is C8H15F2NO3. The van der Waals surface area contributed by atoms with Crippen molar-refractivity contribution in [2.75, 3.05) is 13.2 Å². The third kappa shape index (κ3) is 3.97. The fraction of sp³-hybridized carbons (Fsp3) is 0.875. The van der Waals surface area contributed by atoms with Crippen LogP contribution in [0.15, 0.2) is 0 Å². The molecule has 0 saturated heterocycles. The number of carbonyl (C=O) groups is 1. The first-order valence-electron chi connectivity index (χ1n) is 4.26. The monoisotopic (exact) mass is 211 g/mol. The predicted molar refractivity (Wildman–Crippen MR) is 46.3 cm³/mol. The first-order chi connectivity index (χ1) is 6.31. The molecule has 0 bridgehead atoms. The highest BCUT2D eigenvalue weighted by atomic mass is 19.3. The number of carboxylic acid groups (broad SMARTS) is 1. The molecule has 0 aliphatic rings. The van der Waals surface area contributed by atoms with Gasteiger partial charge in [-0.25, -0.2) is 4.79 Å². The van der Waals surface area contributed by atoms with Crippen LogP contribution in [0.1, 0.15) is 13.8 Å². The van der Waals surface area contributed by atoms with Crippen molar-refractivity contribution in [1.82, 2.24) is 5.32 Å². The van der Waals surface area contributed by atoms with Crippen molar-refractivity contribution < 1.29 is 23.8 Å². The lowest BCUT2D eigenvalue weighted by Gasteiger charge is -2.21. The summed E-state index contributed by atoms with van der Waals surface area (Å²) in [6.07, 6.45) is 0. The van der Waals surface area contributed by atoms with Crippen LogP contribution < -0.4 is 5.32 Å². The Bertz CT molecular complexity index is 197. The van der Waals surface area contributed by atoms with Gasteiger partial charge < -0.3 is 15.5 Å². The molecular weight excluding hydrogens is 196 g/mol. The van der Waals surface area contributed by atoms with Crippen molar-refractivity contribution in [3.8, 4) is 0 Å². The Kier molecular flexibility index (Phi) is 4.93. The molecule has 0 spiro atoms. The van der Waals surface area contributed by atoms with Crippen molar-refractivity contribution in [3.63, 3.8) is 0 Å². The minimum atomic E-state index is -3.79. The number of hydrogen-bond acceptors (Lipinski definition) is 3. The molecule has 0 aliphatic carbocycles. The maximum atomic E-state index is 12.6. The zero-order valence-corrected chi connectivity index (χ0v) is 8.13. The molecule has 0 amide bonds. The van der Waals surface area contributed by atoms with Crippen LogP contribution in [0.2, 0.25) is 0 Å². The summed E-state index contributed by atoms with van der Waals surface area (Å²) in [7, 11) is 0. The van der Waals surface area contributed by atoms with Crippen LogP contribution in [0.25, 0.3) is 0 Å². The number of aliphatic hydroxyl groups excluding tert-OH is 1. The molecule has 3 N–H and O–H groups in total. The molecule has 0 aliphatic heterocycles. The van der Waals surface area contributed by atoms with Gasteiger partial charge in [0, 0.05) is 6.04 Å². The summed E-state index contributed by atoms with van der Waals surface area (Å²) < 4.78 is 25.1. The van der Waals surface area contributed by atoms with Gasteiger partial charge in [0.15, 0.2) is 0 Å². The van der Waals surface area contributed by atoms with E-state index in [0.717, 1.165) is 0 Å². The number of aliphatic carboxylic acids is 1. The van der Waals surface area contributed by atoms with Crippen molar-refractivity contribution in [2.24, 2.45) is 5.92 Å². The molecule has 0 fully saturated rings. The molecule has 1 unspecified atom stereocenters. The van der Waals surface area contributed by atoms with Crippen LogP contribution in [-0.4, -0.2) is 41.3 Å². The van der Waals surface area contributed by atoms with E-state index in [0.29, 0.717) is 0 Å². The Balaban J connectivity index is 4.09. The fourth-order valence-corrected chi connectivity index (χ4v) is 0.846. The van der Waals surface area contributed by atoms with Crippen LogP contribution in [0.4, 0.5) is 8.78 Å². The summed E-state index contributed by atoms with van der Waals surface area (Å²) >= 11 is 0. The van der Waals surface area contributed by atoms with E-state index in [4.69, 9.17) is 10.2 Å². The van der Waals surface area contributed by atoms with Gasteiger partial charge in [-0.2, -0.15) is 8.78 Å². The van der Waals surface area contributed by atoms with Gasteiger partial charge in [0.25, 0.3) is 0 Å². The first kappa shape index (κ1) is 13.2. The number of nitrogens with one attached hydrogen (secondary N) is 1. The van der Waals surface area contributed by atoms with Gasteiger partial charge in [0.05, 0.1) is 13.2 Å². The molecule has 0 aromatic heterocycles. The Morgan fingerprint density at radius 1 is 1.50 bits per heavy atom. The molecule has 14 heavy (non-hydrogen) atoms. The average molecular weight is 211 g/mol. The molecule has 0 heterocycles. The molecule has 4 nitrogen and oxygen atoms in total. The van der Waals surface area contributed by atoms with Gasteiger partial charge in [0.1, 0.15) is 0 Å². The average Bonchev–Trinajstić information content (AvgIpc) is 2.04. The van der Waals surface area contributed by atoms with Crippen LogP contribution in [-0.2, 0) is 4.79 Å². The van der Waals surface area contributed by atoms with Crippen LogP contribution in [0.5, 0.6) is 0 Å². The summed E-state index contributed by atoms with van der Waals surface area (Å²) in [6.45, 7) is 2.22. The highest BCUT2D eigenvalue weighted by Crippen LogP contribution is 2.12. The minimum absolute atomic E-state index is 0.0374. The lowest BCUT2D eigenvalue weighted by atomic mass is 10.1. The quantitative estimate of drug-likeness (QED) is 0.591. The molecule has 84 valence electrons. The Morgan fingerprint density at radius 2 is 2.00 bits per heavy atom. The van der Waals surface area contributed by atoms with Crippen molar-refractivity contribution in [3.05, 3.63) is 0 Å². The molecule has 0 rings (SSSR count). The number of hydrogen-bond donors (Lipinski definition) is 3. The minimum Gasteiger partial charge on any atom is -0.477 e. The topological polar surface area (TPSA) is 69.6 Å². The van der Waals surface area contributed by atoms with Gasteiger partial charge in [-0.05, 0) is 5.92 Å². The Morgan fingerprint density at radius 3 is 2.29 bits per heavy atom. The van der Waals surface area contributed by atoms with E-state index in [1.165, 1.54) is 0 Å². The lowest BCUT2D eigenvalue weighted by Crippen LogP contribution is -2.46. The molecule has 0 aromatic rings. The molecule has 1 atom stereocenters. The summed E-state index contributed by atoms with van der Waals surface area (Å²) in [5.74, 6) is -5.99. The van der Waals surface area contributed by atoms with Gasteiger partial charge in [-0.1, -0.05) is 13.8 Å². The van der Waals surface area contributed by atoms with Crippen molar-refractivity contribution >= 4 is 5.97 Å². The normalized spacial score (nSPS) is 14.4. The van der Waals surface area contributed by atoms with E-state index >= 15 is 0 Å². The van der Waals surface area contributed by atoms with E-state index in [-0.39, 0.29) is 12.5 Å². The zero-order valence-electron chi connectivity index (χ0n) is 8.13. The van der Waals surface area contributed by atoms with Crippen LogP contribution in [0.3, 0.4) is 0 Å². The lowest BCUT2D eigenvalue weighted by molar-refractivity contribution is -0.164. The number of aliphatic hydroxyl groups is 1. The molecule has 0 aromatic carbocycles. The maximum Gasteiger partial charge on any atom is 0.375 e. The third-order valence-corrected chi connectivity index (χ3v) is 1.90. The van der Waals surface area contributed by atoms with Crippen LogP contribution >= 0.6 is 0 Å². The second-order valence-electron chi connectivity index (χ2n) is 3.42. The zero-order chi connectivity index (χ0) is 11.4. The summed E-state index contributed by atoms with van der Waals surface area (Å²) in [6, 6.07) is -0.514. The SMILES string of the molecule is CC(C)C(CO)NCC(F)(F)C(=O)O. The van der Waals surface area contributed by atoms with E-state index < -0.39 is 24.5 Å². The Hall–Kier alpha value is -0.750. The number of halogens is 2. The van der Waals surface area contributed by atoms with Gasteiger partial charge in [-0.15, -0.1) is 0 Å². The van der Waals surface area contributed by atoms with Crippen LogP contribution in [0, 0.1) is 5.92 Å². The number of alkyl halides is 2. The highest BCUT2D eigenvalue weighted by molar-refractivity contribution is 5.75. The highest BCUT2D eigenvalue weighted by Gasteiger charge is 2.39. The third-order valence-electron chi connectivity index (χ3n) is 1.90. The van der Waals surface area contributed by atoms with E-state index in [2.05, 4.69) is 5.32 Å². The standard InChI is InChI=1S/C8H15F2NO3/c1-5(2)6(3-12)11-4-8(9,10)7(13)14/h5-6,11-12H,3-4H2,1-2H3,(H,13,14). The summed E-state index contributed by atoms with van der Waals surface area (Å²) in [5.41, 5.74) is 0. The van der Waals surface area contributed by atoms with E-state index in [1.54, 1.807) is 13.8 Å². The molecule has 0 radical (unpaired) electrons. The van der Waals surface area contributed by atoms with Crippen molar-refractivity contribution in [1.29, 1.82) is 0 Å². The van der Waals surface area contributed by atoms with Crippen molar-refractivity contribution in [2.45, 2.75) is 25.8 Å². The fourth-order valence-electron chi connectivity index (χ4n) is 0.846. The predicted octanol–water partition coefficient (Wildman–Crippen LogP) is 0.313. The van der Waals surface area contributed by atoms with Gasteiger partial charge in [0.2, 0.25) is 0 Å². The summed E-state index contributed by atoms with van der Waals surface area (Å²) in [5, 5.41) is 19.2. The number of carboxylic acids is 1. The first-order valence-corrected chi connectivity index (χ1v) is 4.26.